The first-order valence-electron chi connectivity index (χ1n) is 7.76. The van der Waals surface area contributed by atoms with E-state index in [4.69, 9.17) is 9.47 Å². The van der Waals surface area contributed by atoms with Crippen LogP contribution in [0, 0.1) is 6.92 Å². The van der Waals surface area contributed by atoms with E-state index in [9.17, 15) is 4.79 Å². The molecule has 2 rings (SSSR count). The lowest BCUT2D eigenvalue weighted by Crippen LogP contribution is -2.35. The van der Waals surface area contributed by atoms with Crippen LogP contribution in [-0.2, 0) is 13.0 Å². The number of ether oxygens (including phenoxy) is 2. The number of aromatic nitrogens is 1. The molecule has 130 valence electrons. The van der Waals surface area contributed by atoms with Gasteiger partial charge in [0.15, 0.2) is 11.5 Å². The van der Waals surface area contributed by atoms with Crippen molar-refractivity contribution in [2.24, 2.45) is 0 Å². The Morgan fingerprint density at radius 1 is 1.21 bits per heavy atom. The van der Waals surface area contributed by atoms with E-state index in [1.54, 1.807) is 25.6 Å². The number of benzene rings is 1. The zero-order chi connectivity index (χ0) is 17.4. The molecule has 24 heavy (non-hydrogen) atoms. The minimum Gasteiger partial charge on any atom is -0.493 e. The van der Waals surface area contributed by atoms with E-state index < -0.39 is 0 Å². The molecular weight excluding hydrogens is 326 g/mol. The molecule has 6 nitrogen and oxygen atoms in total. The summed E-state index contributed by atoms with van der Waals surface area (Å²) in [5, 5.41) is 8.54. The maximum atomic E-state index is 11.7. The predicted octanol–water partition coefficient (Wildman–Crippen LogP) is 2.90. The maximum Gasteiger partial charge on any atom is 0.315 e. The maximum absolute atomic E-state index is 11.7. The lowest BCUT2D eigenvalue weighted by atomic mass is 10.1. The third kappa shape index (κ3) is 5.42. The molecule has 7 heteroatoms. The molecule has 2 aromatic rings. The molecule has 0 saturated carbocycles. The lowest BCUT2D eigenvalue weighted by molar-refractivity contribution is 0.240. The first kappa shape index (κ1) is 18.1. The minimum absolute atomic E-state index is 0.171. The van der Waals surface area contributed by atoms with Crippen LogP contribution >= 0.6 is 11.3 Å². The topological polar surface area (TPSA) is 72.5 Å². The average Bonchev–Trinajstić information content (AvgIpc) is 3.02. The number of hydrogen-bond acceptors (Lipinski definition) is 5. The molecule has 0 aliphatic rings. The number of amides is 2. The standard InChI is InChI=1S/C17H23N3O3S/c1-12-11-24-16(20-12)10-19-17(21)18-8-4-5-13-6-7-14(22-2)15(9-13)23-3/h6-7,9,11H,4-5,8,10H2,1-3H3,(H2,18,19,21). The fourth-order valence-corrected chi connectivity index (χ4v) is 2.94. The Morgan fingerprint density at radius 2 is 2.00 bits per heavy atom. The van der Waals surface area contributed by atoms with Gasteiger partial charge in [-0.25, -0.2) is 9.78 Å². The van der Waals surface area contributed by atoms with E-state index in [1.165, 1.54) is 0 Å². The van der Waals surface area contributed by atoms with Crippen molar-refractivity contribution in [1.29, 1.82) is 0 Å². The van der Waals surface area contributed by atoms with Gasteiger partial charge < -0.3 is 20.1 Å². The molecule has 0 atom stereocenters. The number of methoxy groups -OCH3 is 2. The Morgan fingerprint density at radius 3 is 2.67 bits per heavy atom. The molecule has 2 amide bonds. The van der Waals surface area contributed by atoms with Gasteiger partial charge >= 0.3 is 6.03 Å². The third-order valence-corrected chi connectivity index (χ3v) is 4.41. The van der Waals surface area contributed by atoms with Crippen LogP contribution in [0.25, 0.3) is 0 Å². The van der Waals surface area contributed by atoms with E-state index in [0.717, 1.165) is 40.6 Å². The van der Waals surface area contributed by atoms with Crippen molar-refractivity contribution in [3.05, 3.63) is 39.8 Å². The molecule has 0 spiro atoms. The first-order valence-corrected chi connectivity index (χ1v) is 8.64. The third-order valence-electron chi connectivity index (χ3n) is 3.44. The van der Waals surface area contributed by atoms with E-state index in [0.29, 0.717) is 13.1 Å². The fourth-order valence-electron chi connectivity index (χ4n) is 2.23. The van der Waals surface area contributed by atoms with Crippen molar-refractivity contribution in [2.45, 2.75) is 26.3 Å². The summed E-state index contributed by atoms with van der Waals surface area (Å²) in [7, 11) is 3.24. The van der Waals surface area contributed by atoms with Gasteiger partial charge in [-0.15, -0.1) is 11.3 Å². The number of rotatable bonds is 8. The van der Waals surface area contributed by atoms with E-state index in [2.05, 4.69) is 15.6 Å². The van der Waals surface area contributed by atoms with Crippen LogP contribution < -0.4 is 20.1 Å². The number of nitrogens with zero attached hydrogens (tertiary/aromatic N) is 1. The molecule has 1 aromatic heterocycles. The highest BCUT2D eigenvalue weighted by molar-refractivity contribution is 7.09. The number of urea groups is 1. The van der Waals surface area contributed by atoms with Crippen LogP contribution in [0.3, 0.4) is 0 Å². The summed E-state index contributed by atoms with van der Waals surface area (Å²) < 4.78 is 10.5. The first-order chi connectivity index (χ1) is 11.6. The van der Waals surface area contributed by atoms with Crippen LogP contribution in [0.1, 0.15) is 22.7 Å². The monoisotopic (exact) mass is 349 g/mol. The molecule has 0 fully saturated rings. The fraction of sp³-hybridized carbons (Fsp3) is 0.412. The summed E-state index contributed by atoms with van der Waals surface area (Å²) in [5.74, 6) is 1.44. The van der Waals surface area contributed by atoms with Crippen molar-refractivity contribution >= 4 is 17.4 Å². The normalized spacial score (nSPS) is 10.3. The highest BCUT2D eigenvalue weighted by Gasteiger charge is 2.05. The smallest absolute Gasteiger partial charge is 0.315 e. The number of thiazole rings is 1. The Hall–Kier alpha value is -2.28. The molecule has 0 unspecified atom stereocenters. The van der Waals surface area contributed by atoms with Crippen molar-refractivity contribution in [3.8, 4) is 11.5 Å². The number of hydrogen-bond donors (Lipinski definition) is 2. The highest BCUT2D eigenvalue weighted by atomic mass is 32.1. The Labute approximate surface area is 146 Å². The zero-order valence-corrected chi connectivity index (χ0v) is 15.0. The summed E-state index contributed by atoms with van der Waals surface area (Å²) >= 11 is 1.55. The van der Waals surface area contributed by atoms with Crippen molar-refractivity contribution < 1.29 is 14.3 Å². The Bertz CT molecular complexity index is 673. The van der Waals surface area contributed by atoms with Crippen LogP contribution in [0.15, 0.2) is 23.6 Å². The van der Waals surface area contributed by atoms with Gasteiger partial charge in [0.2, 0.25) is 0 Å². The molecule has 0 radical (unpaired) electrons. The summed E-state index contributed by atoms with van der Waals surface area (Å²) in [4.78, 5) is 16.0. The molecule has 0 saturated heterocycles. The van der Waals surface area contributed by atoms with Gasteiger partial charge in [-0.2, -0.15) is 0 Å². The second kappa shape index (κ2) is 9.12. The quantitative estimate of drug-likeness (QED) is 0.719. The molecule has 1 heterocycles. The second-order valence-electron chi connectivity index (χ2n) is 5.28. The summed E-state index contributed by atoms with van der Waals surface area (Å²) in [5.41, 5.74) is 2.13. The van der Waals surface area contributed by atoms with Gasteiger partial charge in [0.05, 0.1) is 20.8 Å². The molecule has 0 bridgehead atoms. The largest absolute Gasteiger partial charge is 0.493 e. The summed E-state index contributed by atoms with van der Waals surface area (Å²) in [6.45, 7) is 3.01. The summed E-state index contributed by atoms with van der Waals surface area (Å²) in [6, 6.07) is 5.69. The van der Waals surface area contributed by atoms with Crippen molar-refractivity contribution in [1.82, 2.24) is 15.6 Å². The zero-order valence-electron chi connectivity index (χ0n) is 14.2. The summed E-state index contributed by atoms with van der Waals surface area (Å²) in [6.07, 6.45) is 1.70. The second-order valence-corrected chi connectivity index (χ2v) is 6.23. The predicted molar refractivity (Wildman–Crippen MR) is 95.0 cm³/mol. The number of carbonyl (C=O) groups is 1. The Balaban J connectivity index is 1.67. The number of carbonyl (C=O) groups excluding carboxylic acids is 1. The van der Waals surface area contributed by atoms with Crippen molar-refractivity contribution in [3.63, 3.8) is 0 Å². The van der Waals surface area contributed by atoms with Crippen LogP contribution in [0.2, 0.25) is 0 Å². The van der Waals surface area contributed by atoms with Gasteiger partial charge in [0.1, 0.15) is 5.01 Å². The SMILES string of the molecule is COc1ccc(CCCNC(=O)NCc2nc(C)cs2)cc1OC. The van der Waals surface area contributed by atoms with Gasteiger partial charge in [0.25, 0.3) is 0 Å². The Kier molecular flexibility index (Phi) is 6.87. The number of nitrogens with one attached hydrogen (secondary N) is 2. The van der Waals surface area contributed by atoms with E-state index in [-0.39, 0.29) is 6.03 Å². The van der Waals surface area contributed by atoms with E-state index >= 15 is 0 Å². The molecule has 1 aromatic carbocycles. The molecule has 2 N–H and O–H groups in total. The van der Waals surface area contributed by atoms with Gasteiger partial charge in [-0.3, -0.25) is 0 Å². The van der Waals surface area contributed by atoms with Crippen molar-refractivity contribution in [2.75, 3.05) is 20.8 Å². The molecule has 0 aliphatic heterocycles. The van der Waals surface area contributed by atoms with Gasteiger partial charge in [-0.1, -0.05) is 6.07 Å². The van der Waals surface area contributed by atoms with Gasteiger partial charge in [-0.05, 0) is 37.5 Å². The van der Waals surface area contributed by atoms with Crippen LogP contribution in [-0.4, -0.2) is 31.8 Å². The molecule has 0 aliphatic carbocycles. The number of aryl methyl sites for hydroxylation is 2. The van der Waals surface area contributed by atoms with Crippen LogP contribution in [0.4, 0.5) is 4.79 Å². The van der Waals surface area contributed by atoms with Gasteiger partial charge in [0, 0.05) is 17.6 Å². The average molecular weight is 349 g/mol. The van der Waals surface area contributed by atoms with E-state index in [1.807, 2.05) is 30.5 Å². The minimum atomic E-state index is -0.171. The lowest BCUT2D eigenvalue weighted by Gasteiger charge is -2.10. The van der Waals surface area contributed by atoms with Crippen LogP contribution in [0.5, 0.6) is 11.5 Å². The highest BCUT2D eigenvalue weighted by Crippen LogP contribution is 2.27. The molecular formula is C17H23N3O3S.